The molecule has 0 fully saturated rings. The van der Waals surface area contributed by atoms with E-state index in [1.54, 1.807) is 48.2 Å². The largest absolute Gasteiger partial charge is 0.352 e. The second kappa shape index (κ2) is 13.0. The van der Waals surface area contributed by atoms with Crippen molar-refractivity contribution in [3.8, 4) is 0 Å². The molecule has 0 saturated heterocycles. The van der Waals surface area contributed by atoms with Gasteiger partial charge in [-0.3, -0.25) is 9.59 Å². The highest BCUT2D eigenvalue weighted by molar-refractivity contribution is 7.99. The SMILES string of the molecule is CC[C@@H](C)NC(=O)[C@H](C)N(Cc1ccc(Cl)c(Cl)c1)C(=O)CSCc1c(Cl)cccc1Cl. The first-order chi connectivity index (χ1) is 15.1. The van der Waals surface area contributed by atoms with Crippen LogP contribution in [0, 0.1) is 0 Å². The number of nitrogens with zero attached hydrogens (tertiary/aromatic N) is 1. The second-order valence-corrected chi connectivity index (χ2v) is 10.1. The van der Waals surface area contributed by atoms with Crippen LogP contribution in [-0.4, -0.2) is 34.6 Å². The summed E-state index contributed by atoms with van der Waals surface area (Å²) < 4.78 is 0. The summed E-state index contributed by atoms with van der Waals surface area (Å²) in [6.07, 6.45) is 0.799. The lowest BCUT2D eigenvalue weighted by molar-refractivity contribution is -0.138. The van der Waals surface area contributed by atoms with Crippen LogP contribution in [0.5, 0.6) is 0 Å². The van der Waals surface area contributed by atoms with Crippen LogP contribution in [0.25, 0.3) is 0 Å². The molecule has 0 aliphatic rings. The van der Waals surface area contributed by atoms with Crippen molar-refractivity contribution in [1.29, 1.82) is 0 Å². The van der Waals surface area contributed by atoms with Crippen LogP contribution in [0.4, 0.5) is 0 Å². The van der Waals surface area contributed by atoms with Gasteiger partial charge in [-0.1, -0.05) is 65.5 Å². The molecule has 0 aromatic heterocycles. The van der Waals surface area contributed by atoms with Crippen molar-refractivity contribution < 1.29 is 9.59 Å². The van der Waals surface area contributed by atoms with Crippen molar-refractivity contribution in [2.45, 2.75) is 51.6 Å². The first-order valence-corrected chi connectivity index (χ1v) is 12.8. The van der Waals surface area contributed by atoms with Gasteiger partial charge >= 0.3 is 0 Å². The third kappa shape index (κ3) is 7.74. The van der Waals surface area contributed by atoms with E-state index in [9.17, 15) is 9.59 Å². The van der Waals surface area contributed by atoms with Gasteiger partial charge in [-0.2, -0.15) is 0 Å². The Hall–Kier alpha value is -1.11. The Morgan fingerprint density at radius 2 is 1.66 bits per heavy atom. The lowest BCUT2D eigenvalue weighted by Crippen LogP contribution is -2.50. The van der Waals surface area contributed by atoms with E-state index in [0.29, 0.717) is 25.8 Å². The minimum Gasteiger partial charge on any atom is -0.352 e. The fourth-order valence-corrected chi connectivity index (χ4v) is 4.84. The number of carbonyl (C=O) groups is 2. The molecule has 32 heavy (non-hydrogen) atoms. The fourth-order valence-electron chi connectivity index (χ4n) is 2.88. The standard InChI is InChI=1S/C23H26Cl4N2O2S/c1-4-14(2)28-23(31)15(3)29(11-16-8-9-20(26)21(27)10-16)22(30)13-32-12-17-18(24)6-5-7-19(17)25/h5-10,14-15H,4,11-13H2,1-3H3,(H,28,31)/t14-,15+/m1/s1. The van der Waals surface area contributed by atoms with Crippen molar-refractivity contribution in [2.24, 2.45) is 0 Å². The number of nitrogens with one attached hydrogen (secondary N) is 1. The maximum absolute atomic E-state index is 13.2. The first kappa shape index (κ1) is 27.1. The third-order valence-electron chi connectivity index (χ3n) is 5.04. The van der Waals surface area contributed by atoms with Gasteiger partial charge in [0.1, 0.15) is 6.04 Å². The molecule has 0 aliphatic heterocycles. The summed E-state index contributed by atoms with van der Waals surface area (Å²) in [5.41, 5.74) is 1.57. The smallest absolute Gasteiger partial charge is 0.242 e. The maximum atomic E-state index is 13.2. The van der Waals surface area contributed by atoms with Crippen molar-refractivity contribution in [1.82, 2.24) is 10.2 Å². The number of rotatable bonds is 10. The quantitative estimate of drug-likeness (QED) is 0.361. The zero-order valence-corrected chi connectivity index (χ0v) is 22.0. The molecule has 2 aromatic carbocycles. The molecular formula is C23H26Cl4N2O2S. The molecular weight excluding hydrogens is 510 g/mol. The van der Waals surface area contributed by atoms with Crippen molar-refractivity contribution in [3.05, 3.63) is 67.6 Å². The molecule has 2 amide bonds. The van der Waals surface area contributed by atoms with Gasteiger partial charge in [0.15, 0.2) is 0 Å². The summed E-state index contributed by atoms with van der Waals surface area (Å²) in [5, 5.41) is 4.90. The Balaban J connectivity index is 2.15. The monoisotopic (exact) mass is 534 g/mol. The van der Waals surface area contributed by atoms with E-state index < -0.39 is 6.04 Å². The molecule has 1 N–H and O–H groups in total. The summed E-state index contributed by atoms with van der Waals surface area (Å²) >= 11 is 26.0. The molecule has 9 heteroatoms. The minimum atomic E-state index is -0.657. The molecule has 2 aromatic rings. The Labute approximate surface area is 213 Å². The van der Waals surface area contributed by atoms with Crippen LogP contribution in [-0.2, 0) is 21.9 Å². The van der Waals surface area contributed by atoms with Crippen molar-refractivity contribution in [2.75, 3.05) is 5.75 Å². The van der Waals surface area contributed by atoms with E-state index in [1.807, 2.05) is 13.8 Å². The molecule has 0 bridgehead atoms. The van der Waals surface area contributed by atoms with E-state index in [2.05, 4.69) is 5.32 Å². The Kier molecular flexibility index (Phi) is 11.0. The van der Waals surface area contributed by atoms with Crippen LogP contribution >= 0.6 is 58.2 Å². The predicted molar refractivity (Wildman–Crippen MR) is 137 cm³/mol. The Morgan fingerprint density at radius 3 is 2.25 bits per heavy atom. The Bertz CT molecular complexity index is 937. The molecule has 0 aliphatic carbocycles. The number of benzene rings is 2. The average molecular weight is 536 g/mol. The molecule has 2 atom stereocenters. The van der Waals surface area contributed by atoms with E-state index >= 15 is 0 Å². The van der Waals surface area contributed by atoms with E-state index in [-0.39, 0.29) is 30.2 Å². The predicted octanol–water partition coefficient (Wildman–Crippen LogP) is 6.87. The van der Waals surface area contributed by atoms with Gasteiger partial charge in [-0.05, 0) is 55.7 Å². The molecule has 4 nitrogen and oxygen atoms in total. The van der Waals surface area contributed by atoms with Crippen LogP contribution < -0.4 is 5.32 Å². The van der Waals surface area contributed by atoms with Crippen LogP contribution in [0.1, 0.15) is 38.3 Å². The van der Waals surface area contributed by atoms with Gasteiger partial charge in [0.05, 0.1) is 15.8 Å². The summed E-state index contributed by atoms with van der Waals surface area (Å²) in [6, 6.07) is 9.86. The van der Waals surface area contributed by atoms with Gasteiger partial charge in [0, 0.05) is 28.4 Å². The van der Waals surface area contributed by atoms with Gasteiger partial charge < -0.3 is 10.2 Å². The Morgan fingerprint density at radius 1 is 1.00 bits per heavy atom. The lowest BCUT2D eigenvalue weighted by atomic mass is 10.1. The average Bonchev–Trinajstić information content (AvgIpc) is 2.75. The van der Waals surface area contributed by atoms with Crippen LogP contribution in [0.2, 0.25) is 20.1 Å². The normalized spacial score (nSPS) is 12.8. The molecule has 2 rings (SSSR count). The second-order valence-electron chi connectivity index (χ2n) is 7.46. The lowest BCUT2D eigenvalue weighted by Gasteiger charge is -2.29. The van der Waals surface area contributed by atoms with Gasteiger partial charge in [-0.25, -0.2) is 0 Å². The maximum Gasteiger partial charge on any atom is 0.242 e. The molecule has 174 valence electrons. The van der Waals surface area contributed by atoms with Crippen molar-refractivity contribution in [3.63, 3.8) is 0 Å². The zero-order chi connectivity index (χ0) is 23.8. The van der Waals surface area contributed by atoms with Crippen LogP contribution in [0.3, 0.4) is 0 Å². The number of hydrogen-bond donors (Lipinski definition) is 1. The molecule has 0 unspecified atom stereocenters. The highest BCUT2D eigenvalue weighted by Crippen LogP contribution is 2.29. The summed E-state index contributed by atoms with van der Waals surface area (Å²) in [6.45, 7) is 5.88. The van der Waals surface area contributed by atoms with E-state index in [1.165, 1.54) is 11.8 Å². The van der Waals surface area contributed by atoms with Gasteiger partial charge in [0.25, 0.3) is 0 Å². The third-order valence-corrected chi connectivity index (χ3v) is 7.43. The molecule has 0 radical (unpaired) electrons. The zero-order valence-electron chi connectivity index (χ0n) is 18.1. The van der Waals surface area contributed by atoms with Gasteiger partial charge in [0.2, 0.25) is 11.8 Å². The highest BCUT2D eigenvalue weighted by Gasteiger charge is 2.27. The fraction of sp³-hybridized carbons (Fsp3) is 0.391. The topological polar surface area (TPSA) is 49.4 Å². The molecule has 0 heterocycles. The number of hydrogen-bond acceptors (Lipinski definition) is 3. The number of carbonyl (C=O) groups excluding carboxylic acids is 2. The number of halogens is 4. The van der Waals surface area contributed by atoms with Gasteiger partial charge in [-0.15, -0.1) is 11.8 Å². The number of amides is 2. The summed E-state index contributed by atoms with van der Waals surface area (Å²) in [7, 11) is 0. The number of thioether (sulfide) groups is 1. The summed E-state index contributed by atoms with van der Waals surface area (Å²) in [5.74, 6) is 0.283. The minimum absolute atomic E-state index is 0.0172. The molecule has 0 spiro atoms. The summed E-state index contributed by atoms with van der Waals surface area (Å²) in [4.78, 5) is 27.5. The van der Waals surface area contributed by atoms with E-state index in [4.69, 9.17) is 46.4 Å². The van der Waals surface area contributed by atoms with Crippen molar-refractivity contribution >= 4 is 70.0 Å². The highest BCUT2D eigenvalue weighted by atomic mass is 35.5. The van der Waals surface area contributed by atoms with Crippen LogP contribution in [0.15, 0.2) is 36.4 Å². The van der Waals surface area contributed by atoms with E-state index in [0.717, 1.165) is 17.5 Å². The first-order valence-electron chi connectivity index (χ1n) is 10.2. The molecule has 0 saturated carbocycles.